The van der Waals surface area contributed by atoms with Crippen LogP contribution in [0.15, 0.2) is 57.9 Å². The lowest BCUT2D eigenvalue weighted by molar-refractivity contribution is 0.0981. The molecule has 2 aromatic carbocycles. The first-order chi connectivity index (χ1) is 11.1. The average molecular weight is 432 g/mol. The smallest absolute Gasteiger partial charge is 0.265 e. The molecule has 1 amide bonds. The van der Waals surface area contributed by atoms with Crippen LogP contribution in [-0.4, -0.2) is 29.0 Å². The van der Waals surface area contributed by atoms with Gasteiger partial charge in [0, 0.05) is 16.3 Å². The van der Waals surface area contributed by atoms with Crippen molar-refractivity contribution in [2.45, 2.75) is 10.6 Å². The molecular weight excluding hydrogens is 418 g/mol. The molecule has 0 atom stereocenters. The summed E-state index contributed by atoms with van der Waals surface area (Å²) >= 11 is 3.13. The van der Waals surface area contributed by atoms with E-state index >= 15 is 0 Å². The van der Waals surface area contributed by atoms with Gasteiger partial charge in [0.1, 0.15) is 4.90 Å². The van der Waals surface area contributed by atoms with E-state index in [1.807, 2.05) is 4.72 Å². The number of sulfone groups is 1. The minimum atomic E-state index is -4.05. The average Bonchev–Trinajstić information content (AvgIpc) is 2.45. The lowest BCUT2D eigenvalue weighted by Crippen LogP contribution is -2.30. The summed E-state index contributed by atoms with van der Waals surface area (Å²) in [5, 5.41) is 0. The van der Waals surface area contributed by atoms with Crippen molar-refractivity contribution < 1.29 is 21.6 Å². The van der Waals surface area contributed by atoms with Crippen LogP contribution in [-0.2, 0) is 25.6 Å². The first-order valence-corrected chi connectivity index (χ1v) is 11.0. The van der Waals surface area contributed by atoms with E-state index in [0.717, 1.165) is 6.26 Å². The Kier molecular flexibility index (Phi) is 5.46. The van der Waals surface area contributed by atoms with Crippen molar-refractivity contribution in [2.75, 3.05) is 6.26 Å². The molecule has 0 unspecified atom stereocenters. The second-order valence-corrected chi connectivity index (χ2v) is 9.78. The highest BCUT2D eigenvalue weighted by Gasteiger charge is 2.21. The molecule has 0 bridgehead atoms. The Morgan fingerprint density at radius 2 is 1.71 bits per heavy atom. The number of halogens is 1. The molecule has 0 fully saturated rings. The Morgan fingerprint density at radius 3 is 2.33 bits per heavy atom. The van der Waals surface area contributed by atoms with Gasteiger partial charge in [-0.15, -0.1) is 0 Å². The van der Waals surface area contributed by atoms with Crippen LogP contribution >= 0.6 is 15.9 Å². The number of hydrogen-bond donors (Lipinski definition) is 1. The van der Waals surface area contributed by atoms with Gasteiger partial charge in [0.2, 0.25) is 0 Å². The maximum atomic E-state index is 12.3. The summed E-state index contributed by atoms with van der Waals surface area (Å²) in [5.74, 6) is -1.06. The summed E-state index contributed by atoms with van der Waals surface area (Å²) in [6.45, 7) is 0. The number of carbonyl (C=O) groups excluding carboxylic acids is 1. The molecule has 0 spiro atoms. The molecule has 6 nitrogen and oxygen atoms in total. The zero-order valence-electron chi connectivity index (χ0n) is 12.6. The van der Waals surface area contributed by atoms with Gasteiger partial charge in [-0.05, 0) is 45.8 Å². The highest BCUT2D eigenvalue weighted by Crippen LogP contribution is 2.21. The predicted molar refractivity (Wildman–Crippen MR) is 93.8 cm³/mol. The highest BCUT2D eigenvalue weighted by atomic mass is 79.9. The monoisotopic (exact) mass is 431 g/mol. The molecule has 0 aromatic heterocycles. The van der Waals surface area contributed by atoms with Crippen molar-refractivity contribution in [2.24, 2.45) is 0 Å². The third-order valence-electron chi connectivity index (χ3n) is 2.97. The maximum Gasteiger partial charge on any atom is 0.265 e. The number of carbonyl (C=O) groups is 1. The van der Waals surface area contributed by atoms with Gasteiger partial charge in [0.15, 0.2) is 9.84 Å². The molecule has 2 aromatic rings. The molecule has 0 aliphatic heterocycles. The SMILES string of the molecule is CS(=O)(=O)Cc1cccc(C(=O)NS(=O)(=O)c2ccccc2Br)c1. The van der Waals surface area contributed by atoms with Crippen molar-refractivity contribution >= 4 is 41.7 Å². The summed E-state index contributed by atoms with van der Waals surface area (Å²) < 4.78 is 49.6. The zero-order valence-corrected chi connectivity index (χ0v) is 15.8. The molecule has 0 aliphatic carbocycles. The maximum absolute atomic E-state index is 12.3. The molecule has 9 heteroatoms. The Morgan fingerprint density at radius 1 is 1.04 bits per heavy atom. The van der Waals surface area contributed by atoms with Gasteiger partial charge in [-0.3, -0.25) is 4.79 Å². The van der Waals surface area contributed by atoms with E-state index < -0.39 is 25.8 Å². The van der Waals surface area contributed by atoms with Crippen molar-refractivity contribution in [3.05, 3.63) is 64.1 Å². The number of benzene rings is 2. The molecule has 0 heterocycles. The highest BCUT2D eigenvalue weighted by molar-refractivity contribution is 9.10. The van der Waals surface area contributed by atoms with Crippen molar-refractivity contribution in [3.63, 3.8) is 0 Å². The van der Waals surface area contributed by atoms with Gasteiger partial charge in [-0.1, -0.05) is 24.3 Å². The molecular formula is C15H14BrNO5S2. The Labute approximate surface area is 149 Å². The Balaban J connectivity index is 2.27. The molecule has 1 N–H and O–H groups in total. The molecule has 0 radical (unpaired) electrons. The second kappa shape index (κ2) is 7.04. The van der Waals surface area contributed by atoms with Gasteiger partial charge < -0.3 is 0 Å². The standard InChI is InChI=1S/C15H14BrNO5S2/c1-23(19,20)10-11-5-4-6-12(9-11)15(18)17-24(21,22)14-8-3-2-7-13(14)16/h2-9H,10H2,1H3,(H,17,18). The van der Waals surface area contributed by atoms with E-state index in [1.165, 1.54) is 30.3 Å². The fraction of sp³-hybridized carbons (Fsp3) is 0.133. The molecule has 2 rings (SSSR count). The molecule has 0 saturated heterocycles. The molecule has 24 heavy (non-hydrogen) atoms. The predicted octanol–water partition coefficient (Wildman–Crippen LogP) is 2.11. The number of hydrogen-bond acceptors (Lipinski definition) is 5. The molecule has 128 valence electrons. The van der Waals surface area contributed by atoms with E-state index in [1.54, 1.807) is 18.2 Å². The van der Waals surface area contributed by atoms with Gasteiger partial charge >= 0.3 is 0 Å². The normalized spacial score (nSPS) is 11.9. The van der Waals surface area contributed by atoms with E-state index in [-0.39, 0.29) is 16.2 Å². The van der Waals surface area contributed by atoms with Crippen LogP contribution in [0.2, 0.25) is 0 Å². The summed E-state index contributed by atoms with van der Waals surface area (Å²) in [4.78, 5) is 12.1. The number of sulfonamides is 1. The van der Waals surface area contributed by atoms with Crippen molar-refractivity contribution in [1.29, 1.82) is 0 Å². The van der Waals surface area contributed by atoms with Crippen molar-refractivity contribution in [3.8, 4) is 0 Å². The summed E-state index contributed by atoms with van der Waals surface area (Å²) in [6, 6.07) is 11.9. The third-order valence-corrected chi connectivity index (χ3v) is 6.17. The number of rotatable bonds is 5. The van der Waals surface area contributed by atoms with Crippen LogP contribution in [0.25, 0.3) is 0 Å². The van der Waals surface area contributed by atoms with Gasteiger partial charge in [0.25, 0.3) is 15.9 Å². The van der Waals surface area contributed by atoms with E-state index in [0.29, 0.717) is 10.0 Å². The minimum absolute atomic E-state index is 0.0618. The summed E-state index contributed by atoms with van der Waals surface area (Å²) in [7, 11) is -7.31. The van der Waals surface area contributed by atoms with Gasteiger partial charge in [-0.2, -0.15) is 0 Å². The van der Waals surface area contributed by atoms with Crippen LogP contribution in [0.1, 0.15) is 15.9 Å². The van der Waals surface area contributed by atoms with Crippen LogP contribution < -0.4 is 4.72 Å². The van der Waals surface area contributed by atoms with Crippen LogP contribution in [0.4, 0.5) is 0 Å². The first-order valence-electron chi connectivity index (χ1n) is 6.67. The lowest BCUT2D eigenvalue weighted by Gasteiger charge is -2.09. The Hall–Kier alpha value is -1.71. The lowest BCUT2D eigenvalue weighted by atomic mass is 10.1. The third kappa shape index (κ3) is 4.89. The second-order valence-electron chi connectivity index (χ2n) is 5.14. The van der Waals surface area contributed by atoms with E-state index in [4.69, 9.17) is 0 Å². The first kappa shape index (κ1) is 18.6. The number of amides is 1. The molecule has 0 aliphatic rings. The van der Waals surface area contributed by atoms with E-state index in [9.17, 15) is 21.6 Å². The van der Waals surface area contributed by atoms with Crippen LogP contribution in [0, 0.1) is 0 Å². The quantitative estimate of drug-likeness (QED) is 0.781. The topological polar surface area (TPSA) is 97.4 Å². The number of nitrogens with one attached hydrogen (secondary N) is 1. The van der Waals surface area contributed by atoms with Gasteiger partial charge in [0.05, 0.1) is 5.75 Å². The summed E-state index contributed by atoms with van der Waals surface area (Å²) in [5.41, 5.74) is 0.468. The fourth-order valence-electron chi connectivity index (χ4n) is 2.00. The fourth-order valence-corrected chi connectivity index (χ4v) is 4.77. The minimum Gasteiger partial charge on any atom is -0.268 e. The zero-order chi connectivity index (χ0) is 18.0. The largest absolute Gasteiger partial charge is 0.268 e. The van der Waals surface area contributed by atoms with E-state index in [2.05, 4.69) is 15.9 Å². The van der Waals surface area contributed by atoms with Crippen molar-refractivity contribution in [1.82, 2.24) is 4.72 Å². The molecule has 0 saturated carbocycles. The Bertz CT molecular complexity index is 984. The van der Waals surface area contributed by atoms with Gasteiger partial charge in [-0.25, -0.2) is 21.6 Å². The van der Waals surface area contributed by atoms with Crippen LogP contribution in [0.5, 0.6) is 0 Å². The summed E-state index contributed by atoms with van der Waals surface area (Å²) in [6.07, 6.45) is 1.08. The van der Waals surface area contributed by atoms with Crippen LogP contribution in [0.3, 0.4) is 0 Å².